The SMILES string of the molecule is c1ccc(C2=NC(c3cccc4c3oc3c(-n5c6ccccc6c6cc(-c7ccccc7)ccc65)cccc34)NC(c3ccccc3)=N2)cc1. The summed E-state index contributed by atoms with van der Waals surface area (Å²) in [5.74, 6) is 1.46. The third-order valence-corrected chi connectivity index (χ3v) is 9.67. The third kappa shape index (κ3) is 4.55. The highest BCUT2D eigenvalue weighted by Crippen LogP contribution is 2.41. The van der Waals surface area contributed by atoms with Crippen LogP contribution >= 0.6 is 0 Å². The Kier molecular flexibility index (Phi) is 6.49. The van der Waals surface area contributed by atoms with Crippen LogP contribution in [-0.2, 0) is 0 Å². The molecule has 0 saturated heterocycles. The number of amidine groups is 2. The summed E-state index contributed by atoms with van der Waals surface area (Å²) in [6.07, 6.45) is -0.407. The molecule has 1 aliphatic heterocycles. The first-order valence-corrected chi connectivity index (χ1v) is 16.9. The molecule has 2 aromatic heterocycles. The van der Waals surface area contributed by atoms with E-state index in [1.54, 1.807) is 0 Å². The van der Waals surface area contributed by atoms with E-state index in [1.807, 2.05) is 36.4 Å². The summed E-state index contributed by atoms with van der Waals surface area (Å²) in [4.78, 5) is 10.1. The van der Waals surface area contributed by atoms with Gasteiger partial charge in [-0.3, -0.25) is 0 Å². The lowest BCUT2D eigenvalue weighted by Crippen LogP contribution is -2.33. The molecule has 5 heteroatoms. The molecule has 7 aromatic carbocycles. The van der Waals surface area contributed by atoms with Crippen LogP contribution < -0.4 is 5.32 Å². The van der Waals surface area contributed by atoms with E-state index in [2.05, 4.69) is 143 Å². The molecule has 5 nitrogen and oxygen atoms in total. The van der Waals surface area contributed by atoms with Gasteiger partial charge in [0.15, 0.2) is 17.6 Å². The van der Waals surface area contributed by atoms with Gasteiger partial charge in [0.05, 0.1) is 16.7 Å². The maximum absolute atomic E-state index is 6.99. The van der Waals surface area contributed by atoms with Crippen molar-refractivity contribution in [2.45, 2.75) is 6.17 Å². The van der Waals surface area contributed by atoms with Crippen LogP contribution in [0, 0.1) is 0 Å². The van der Waals surface area contributed by atoms with Gasteiger partial charge in [0, 0.05) is 38.2 Å². The van der Waals surface area contributed by atoms with Crippen molar-refractivity contribution in [3.63, 3.8) is 0 Å². The number of para-hydroxylation sites is 3. The van der Waals surface area contributed by atoms with Gasteiger partial charge in [0.2, 0.25) is 0 Å². The number of furan rings is 1. The number of benzene rings is 7. The minimum atomic E-state index is -0.407. The van der Waals surface area contributed by atoms with Crippen molar-refractivity contribution in [1.29, 1.82) is 0 Å². The summed E-state index contributed by atoms with van der Waals surface area (Å²) in [7, 11) is 0. The van der Waals surface area contributed by atoms with E-state index in [4.69, 9.17) is 14.4 Å². The Labute approximate surface area is 288 Å². The van der Waals surface area contributed by atoms with Crippen LogP contribution in [-0.4, -0.2) is 16.2 Å². The molecule has 0 radical (unpaired) electrons. The summed E-state index contributed by atoms with van der Waals surface area (Å²) >= 11 is 0. The normalized spacial score (nSPS) is 14.6. The number of hydrogen-bond donors (Lipinski definition) is 1. The highest BCUT2D eigenvalue weighted by atomic mass is 16.3. The number of rotatable bonds is 5. The molecule has 0 bridgehead atoms. The molecule has 236 valence electrons. The van der Waals surface area contributed by atoms with Crippen LogP contribution in [0.25, 0.3) is 60.6 Å². The number of nitrogens with one attached hydrogen (secondary N) is 1. The lowest BCUT2D eigenvalue weighted by molar-refractivity contribution is 0.627. The Hall–Kier alpha value is -6.72. The van der Waals surface area contributed by atoms with Crippen molar-refractivity contribution in [2.75, 3.05) is 0 Å². The third-order valence-electron chi connectivity index (χ3n) is 9.67. The van der Waals surface area contributed by atoms with E-state index in [9.17, 15) is 0 Å². The summed E-state index contributed by atoms with van der Waals surface area (Å²) in [6, 6.07) is 59.1. The predicted octanol–water partition coefficient (Wildman–Crippen LogP) is 10.8. The standard InChI is InChI=1S/C45H30N4O/c1-4-14-29(15-5-1)32-26-27-39-37(28-32)33-20-10-11-24-38(33)49(39)40-25-13-22-35-34-21-12-23-36(41(34)50-42(35)40)45-47-43(30-16-6-2-7-17-30)46-44(48-45)31-18-8-3-9-19-31/h1-28,45H,(H,46,47,48). The van der Waals surface area contributed by atoms with Crippen molar-refractivity contribution in [3.05, 3.63) is 187 Å². The maximum atomic E-state index is 6.99. The number of aromatic nitrogens is 1. The van der Waals surface area contributed by atoms with Gasteiger partial charge in [-0.2, -0.15) is 0 Å². The van der Waals surface area contributed by atoms with Crippen molar-refractivity contribution in [1.82, 2.24) is 9.88 Å². The topological polar surface area (TPSA) is 54.8 Å². The van der Waals surface area contributed by atoms with Crippen LogP contribution in [0.15, 0.2) is 184 Å². The maximum Gasteiger partial charge on any atom is 0.159 e. The van der Waals surface area contributed by atoms with Gasteiger partial charge >= 0.3 is 0 Å². The minimum absolute atomic E-state index is 0.407. The van der Waals surface area contributed by atoms with E-state index < -0.39 is 6.17 Å². The number of nitrogens with zero attached hydrogens (tertiary/aromatic N) is 3. The van der Waals surface area contributed by atoms with E-state index in [0.29, 0.717) is 5.84 Å². The smallest absolute Gasteiger partial charge is 0.159 e. The van der Waals surface area contributed by atoms with Crippen LogP contribution in [0.2, 0.25) is 0 Å². The van der Waals surface area contributed by atoms with E-state index in [0.717, 1.165) is 61.2 Å². The van der Waals surface area contributed by atoms with Gasteiger partial charge < -0.3 is 14.3 Å². The highest BCUT2D eigenvalue weighted by Gasteiger charge is 2.25. The lowest BCUT2D eigenvalue weighted by atomic mass is 10.0. The molecular formula is C45H30N4O. The fourth-order valence-corrected chi connectivity index (χ4v) is 7.33. The number of fused-ring (bicyclic) bond motifs is 6. The zero-order chi connectivity index (χ0) is 33.0. The molecule has 0 amide bonds. The van der Waals surface area contributed by atoms with Crippen LogP contribution in [0.3, 0.4) is 0 Å². The van der Waals surface area contributed by atoms with Gasteiger partial charge in [-0.1, -0.05) is 146 Å². The second-order valence-electron chi connectivity index (χ2n) is 12.6. The van der Waals surface area contributed by atoms with Crippen LogP contribution in [0.4, 0.5) is 0 Å². The second-order valence-corrected chi connectivity index (χ2v) is 12.6. The molecule has 1 atom stereocenters. The summed E-state index contributed by atoms with van der Waals surface area (Å²) in [5, 5.41) is 8.15. The van der Waals surface area contributed by atoms with Gasteiger partial charge in [0.25, 0.3) is 0 Å². The van der Waals surface area contributed by atoms with Crippen molar-refractivity contribution in [2.24, 2.45) is 9.98 Å². The number of hydrogen-bond acceptors (Lipinski definition) is 4. The van der Waals surface area contributed by atoms with E-state index in [1.165, 1.54) is 21.9 Å². The molecule has 0 saturated carbocycles. The van der Waals surface area contributed by atoms with Crippen LogP contribution in [0.5, 0.6) is 0 Å². The van der Waals surface area contributed by atoms with Crippen LogP contribution in [0.1, 0.15) is 22.9 Å². The molecule has 0 aliphatic carbocycles. The summed E-state index contributed by atoms with van der Waals surface area (Å²) in [6.45, 7) is 0. The van der Waals surface area contributed by atoms with Crippen molar-refractivity contribution >= 4 is 55.4 Å². The second kappa shape index (κ2) is 11.5. The Morgan fingerprint density at radius 2 is 1.10 bits per heavy atom. The predicted molar refractivity (Wildman–Crippen MR) is 205 cm³/mol. The molecular weight excluding hydrogens is 613 g/mol. The van der Waals surface area contributed by atoms with Crippen molar-refractivity contribution in [3.8, 4) is 16.8 Å². The fraction of sp³-hybridized carbons (Fsp3) is 0.0222. The van der Waals surface area contributed by atoms with Gasteiger partial charge in [-0.25, -0.2) is 9.98 Å². The highest BCUT2D eigenvalue weighted by molar-refractivity contribution is 6.15. The lowest BCUT2D eigenvalue weighted by Gasteiger charge is -2.23. The Balaban J connectivity index is 1.16. The monoisotopic (exact) mass is 642 g/mol. The summed E-state index contributed by atoms with van der Waals surface area (Å²) in [5.41, 5.74) is 10.2. The largest absolute Gasteiger partial charge is 0.453 e. The zero-order valence-electron chi connectivity index (χ0n) is 27.0. The minimum Gasteiger partial charge on any atom is -0.453 e. The molecule has 9 aromatic rings. The Morgan fingerprint density at radius 3 is 1.88 bits per heavy atom. The average Bonchev–Trinajstić information content (AvgIpc) is 3.74. The molecule has 3 heterocycles. The first-order chi connectivity index (χ1) is 24.8. The van der Waals surface area contributed by atoms with Gasteiger partial charge in [0.1, 0.15) is 11.4 Å². The molecule has 50 heavy (non-hydrogen) atoms. The first kappa shape index (κ1) is 28.3. The zero-order valence-corrected chi connectivity index (χ0v) is 27.0. The number of aliphatic imine (C=N–C) groups is 2. The van der Waals surface area contributed by atoms with Gasteiger partial charge in [-0.05, 0) is 35.4 Å². The molecule has 1 unspecified atom stereocenters. The van der Waals surface area contributed by atoms with E-state index >= 15 is 0 Å². The summed E-state index contributed by atoms with van der Waals surface area (Å²) < 4.78 is 9.34. The Bertz CT molecular complexity index is 2780. The van der Waals surface area contributed by atoms with Crippen molar-refractivity contribution < 1.29 is 4.42 Å². The molecule has 1 aliphatic rings. The van der Waals surface area contributed by atoms with Gasteiger partial charge in [-0.15, -0.1) is 0 Å². The van der Waals surface area contributed by atoms with E-state index in [-0.39, 0.29) is 0 Å². The molecule has 0 fully saturated rings. The molecule has 0 spiro atoms. The fourth-order valence-electron chi connectivity index (χ4n) is 7.33. The average molecular weight is 643 g/mol. The first-order valence-electron chi connectivity index (χ1n) is 16.9. The molecule has 1 N–H and O–H groups in total. The quantitative estimate of drug-likeness (QED) is 0.203. The Morgan fingerprint density at radius 1 is 0.480 bits per heavy atom. The molecule has 10 rings (SSSR count).